The van der Waals surface area contributed by atoms with E-state index in [2.05, 4.69) is 20.8 Å². The Morgan fingerprint density at radius 2 is 1.45 bits per heavy atom. The van der Waals surface area contributed by atoms with Gasteiger partial charge in [0.05, 0.1) is 0 Å². The van der Waals surface area contributed by atoms with Gasteiger partial charge >= 0.3 is 5.97 Å². The van der Waals surface area contributed by atoms with E-state index in [9.17, 15) is 4.79 Å². The molecule has 1 unspecified atom stereocenters. The van der Waals surface area contributed by atoms with Crippen molar-refractivity contribution in [1.29, 1.82) is 0 Å². The van der Waals surface area contributed by atoms with E-state index in [1.165, 1.54) is 57.4 Å². The lowest BCUT2D eigenvalue weighted by atomic mass is 9.95. The van der Waals surface area contributed by atoms with Crippen molar-refractivity contribution in [3.05, 3.63) is 12.2 Å². The Morgan fingerprint density at radius 3 is 2.05 bits per heavy atom. The highest BCUT2D eigenvalue weighted by molar-refractivity contribution is 5.79. The fourth-order valence-electron chi connectivity index (χ4n) is 2.48. The first kappa shape index (κ1) is 19.2. The van der Waals surface area contributed by atoms with Crippen molar-refractivity contribution >= 4 is 5.97 Å². The van der Waals surface area contributed by atoms with Crippen LogP contribution in [0.25, 0.3) is 0 Å². The minimum Gasteiger partial charge on any atom is -0.478 e. The molecule has 0 fully saturated rings. The van der Waals surface area contributed by atoms with E-state index in [0.717, 1.165) is 24.7 Å². The van der Waals surface area contributed by atoms with Gasteiger partial charge in [0.25, 0.3) is 0 Å². The van der Waals surface area contributed by atoms with Crippen molar-refractivity contribution in [3.63, 3.8) is 0 Å². The highest BCUT2D eigenvalue weighted by Gasteiger charge is 2.02. The lowest BCUT2D eigenvalue weighted by molar-refractivity contribution is -0.131. The van der Waals surface area contributed by atoms with Crippen LogP contribution in [0.2, 0.25) is 0 Å². The van der Waals surface area contributed by atoms with Crippen LogP contribution >= 0.6 is 0 Å². The Balaban J connectivity index is 3.27. The first-order valence-electron chi connectivity index (χ1n) is 8.41. The highest BCUT2D eigenvalue weighted by atomic mass is 16.4. The maximum atomic E-state index is 10.3. The van der Waals surface area contributed by atoms with Gasteiger partial charge < -0.3 is 5.11 Å². The van der Waals surface area contributed by atoms with Crippen molar-refractivity contribution in [2.75, 3.05) is 0 Å². The van der Waals surface area contributed by atoms with E-state index >= 15 is 0 Å². The molecule has 2 nitrogen and oxygen atoms in total. The molecule has 0 spiro atoms. The molecule has 1 atom stereocenters. The van der Waals surface area contributed by atoms with Crippen LogP contribution in [-0.2, 0) is 4.79 Å². The summed E-state index contributed by atoms with van der Waals surface area (Å²) in [6.07, 6.45) is 15.8. The van der Waals surface area contributed by atoms with Gasteiger partial charge in [-0.1, -0.05) is 78.2 Å². The van der Waals surface area contributed by atoms with Crippen molar-refractivity contribution in [2.45, 2.75) is 85.0 Å². The number of carboxylic acid groups (broad SMARTS) is 1. The first-order chi connectivity index (χ1) is 9.52. The molecule has 0 bridgehead atoms. The average Bonchev–Trinajstić information content (AvgIpc) is 2.37. The fourth-order valence-corrected chi connectivity index (χ4v) is 2.48. The van der Waals surface area contributed by atoms with E-state index in [1.54, 1.807) is 6.08 Å². The summed E-state index contributed by atoms with van der Waals surface area (Å²) in [5.41, 5.74) is 0. The summed E-state index contributed by atoms with van der Waals surface area (Å²) >= 11 is 0. The van der Waals surface area contributed by atoms with Crippen molar-refractivity contribution in [3.8, 4) is 0 Å². The van der Waals surface area contributed by atoms with E-state index in [0.29, 0.717) is 0 Å². The van der Waals surface area contributed by atoms with Crippen molar-refractivity contribution in [2.24, 2.45) is 11.8 Å². The predicted molar refractivity (Wildman–Crippen MR) is 86.9 cm³/mol. The molecule has 0 aromatic carbocycles. The molecular formula is C18H34O2. The standard InChI is InChI=1S/C18H34O2/c1-16(2)12-10-11-14-17(3)13-8-6-4-5-7-9-15-18(19)20/h9,15-17H,4-8,10-14H2,1-3H3,(H,19,20). The number of allylic oxidation sites excluding steroid dienone is 1. The third kappa shape index (κ3) is 15.3. The van der Waals surface area contributed by atoms with Crippen LogP contribution in [-0.4, -0.2) is 11.1 Å². The molecule has 0 aliphatic rings. The first-order valence-corrected chi connectivity index (χ1v) is 8.41. The molecule has 20 heavy (non-hydrogen) atoms. The number of aliphatic carboxylic acids is 1. The summed E-state index contributed by atoms with van der Waals surface area (Å²) in [5, 5.41) is 8.45. The van der Waals surface area contributed by atoms with E-state index < -0.39 is 5.97 Å². The molecule has 0 aromatic heterocycles. The molecule has 0 rings (SSSR count). The van der Waals surface area contributed by atoms with Gasteiger partial charge in [-0.2, -0.15) is 0 Å². The lowest BCUT2D eigenvalue weighted by Gasteiger charge is -2.11. The molecule has 0 saturated heterocycles. The van der Waals surface area contributed by atoms with E-state index in [4.69, 9.17) is 5.11 Å². The van der Waals surface area contributed by atoms with Gasteiger partial charge in [-0.25, -0.2) is 4.79 Å². The molecule has 2 heteroatoms. The predicted octanol–water partition coefficient (Wildman–Crippen LogP) is 5.82. The van der Waals surface area contributed by atoms with Crippen LogP contribution in [0.15, 0.2) is 12.2 Å². The maximum Gasteiger partial charge on any atom is 0.327 e. The van der Waals surface area contributed by atoms with Crippen LogP contribution in [0.5, 0.6) is 0 Å². The van der Waals surface area contributed by atoms with Crippen LogP contribution in [0, 0.1) is 11.8 Å². The van der Waals surface area contributed by atoms with Gasteiger partial charge in [0.15, 0.2) is 0 Å². The van der Waals surface area contributed by atoms with Gasteiger partial charge in [-0.15, -0.1) is 0 Å². The zero-order valence-corrected chi connectivity index (χ0v) is 13.7. The van der Waals surface area contributed by atoms with Crippen molar-refractivity contribution < 1.29 is 9.90 Å². The van der Waals surface area contributed by atoms with Gasteiger partial charge in [0.2, 0.25) is 0 Å². The number of hydrogen-bond acceptors (Lipinski definition) is 1. The monoisotopic (exact) mass is 282 g/mol. The molecule has 0 saturated carbocycles. The van der Waals surface area contributed by atoms with Crippen LogP contribution in [0.3, 0.4) is 0 Å². The minimum atomic E-state index is -0.837. The number of carbonyl (C=O) groups is 1. The van der Waals surface area contributed by atoms with Gasteiger partial charge in [0.1, 0.15) is 0 Å². The summed E-state index contributed by atoms with van der Waals surface area (Å²) in [4.78, 5) is 10.3. The summed E-state index contributed by atoms with van der Waals surface area (Å²) in [7, 11) is 0. The third-order valence-electron chi connectivity index (χ3n) is 3.81. The second-order valence-electron chi connectivity index (χ2n) is 6.52. The van der Waals surface area contributed by atoms with Crippen LogP contribution in [0.1, 0.15) is 85.0 Å². The number of hydrogen-bond donors (Lipinski definition) is 1. The molecule has 0 aromatic rings. The highest BCUT2D eigenvalue weighted by Crippen LogP contribution is 2.18. The second-order valence-corrected chi connectivity index (χ2v) is 6.52. The minimum absolute atomic E-state index is 0.837. The SMILES string of the molecule is CC(C)CCCCC(C)CCCCCCC=CC(=O)O. The molecule has 118 valence electrons. The zero-order valence-electron chi connectivity index (χ0n) is 13.7. The Bertz CT molecular complexity index is 256. The third-order valence-corrected chi connectivity index (χ3v) is 3.81. The van der Waals surface area contributed by atoms with Gasteiger partial charge in [0, 0.05) is 6.08 Å². The Kier molecular flexibility index (Phi) is 12.7. The molecular weight excluding hydrogens is 248 g/mol. The summed E-state index contributed by atoms with van der Waals surface area (Å²) in [6.45, 7) is 6.98. The number of unbranched alkanes of at least 4 members (excludes halogenated alkanes) is 5. The summed E-state index contributed by atoms with van der Waals surface area (Å²) in [6, 6.07) is 0. The zero-order chi connectivity index (χ0) is 15.2. The van der Waals surface area contributed by atoms with Gasteiger partial charge in [-0.05, 0) is 24.7 Å². The Hall–Kier alpha value is -0.790. The van der Waals surface area contributed by atoms with Gasteiger partial charge in [-0.3, -0.25) is 0 Å². The number of carboxylic acids is 1. The smallest absolute Gasteiger partial charge is 0.327 e. The molecule has 0 heterocycles. The summed E-state index contributed by atoms with van der Waals surface area (Å²) in [5.74, 6) is 0.880. The molecule has 0 amide bonds. The fraction of sp³-hybridized carbons (Fsp3) is 0.833. The van der Waals surface area contributed by atoms with Crippen molar-refractivity contribution in [1.82, 2.24) is 0 Å². The summed E-state index contributed by atoms with van der Waals surface area (Å²) < 4.78 is 0. The molecule has 0 aliphatic carbocycles. The average molecular weight is 282 g/mol. The molecule has 0 radical (unpaired) electrons. The Morgan fingerprint density at radius 1 is 0.900 bits per heavy atom. The molecule has 0 aliphatic heterocycles. The van der Waals surface area contributed by atoms with Crippen LogP contribution in [0.4, 0.5) is 0 Å². The lowest BCUT2D eigenvalue weighted by Crippen LogP contribution is -1.96. The Labute approximate surface area is 125 Å². The number of rotatable bonds is 13. The topological polar surface area (TPSA) is 37.3 Å². The largest absolute Gasteiger partial charge is 0.478 e. The second kappa shape index (κ2) is 13.2. The maximum absolute atomic E-state index is 10.3. The van der Waals surface area contributed by atoms with E-state index in [-0.39, 0.29) is 0 Å². The quantitative estimate of drug-likeness (QED) is 0.341. The van der Waals surface area contributed by atoms with Crippen LogP contribution < -0.4 is 0 Å². The normalized spacial score (nSPS) is 13.2. The molecule has 1 N–H and O–H groups in total. The van der Waals surface area contributed by atoms with E-state index in [1.807, 2.05) is 0 Å².